The minimum Gasteiger partial charge on any atom is -0.487 e. The molecule has 0 atom stereocenters. The molecule has 0 saturated carbocycles. The molecule has 29 heavy (non-hydrogen) atoms. The number of hydrazone groups is 1. The van der Waals surface area contributed by atoms with E-state index in [9.17, 15) is 4.79 Å². The summed E-state index contributed by atoms with van der Waals surface area (Å²) in [6.45, 7) is 2.10. The van der Waals surface area contributed by atoms with Crippen LogP contribution >= 0.6 is 68.4 Å². The predicted molar refractivity (Wildman–Crippen MR) is 131 cm³/mol. The van der Waals surface area contributed by atoms with Gasteiger partial charge in [0.1, 0.15) is 18.1 Å². The van der Waals surface area contributed by atoms with Crippen LogP contribution in [0.5, 0.6) is 5.75 Å². The first-order valence-corrected chi connectivity index (χ1v) is 11.2. The van der Waals surface area contributed by atoms with Gasteiger partial charge in [0, 0.05) is 15.6 Å². The SMILES string of the molecule is Cc1ccc(C(=O)N/N=C\c2cc(I)c(OCc3ccc(Cl)cc3Cl)c(I)c2)o1. The van der Waals surface area contributed by atoms with Crippen molar-refractivity contribution >= 4 is 80.5 Å². The number of carbonyl (C=O) groups excluding carboxylic acids is 1. The summed E-state index contributed by atoms with van der Waals surface area (Å²) >= 11 is 16.5. The van der Waals surface area contributed by atoms with Gasteiger partial charge < -0.3 is 9.15 Å². The molecule has 0 fully saturated rings. The van der Waals surface area contributed by atoms with Crippen LogP contribution in [-0.2, 0) is 6.61 Å². The van der Waals surface area contributed by atoms with Gasteiger partial charge in [-0.15, -0.1) is 0 Å². The number of benzene rings is 2. The van der Waals surface area contributed by atoms with E-state index in [0.29, 0.717) is 22.4 Å². The maximum atomic E-state index is 11.9. The lowest BCUT2D eigenvalue weighted by atomic mass is 10.2. The lowest BCUT2D eigenvalue weighted by Gasteiger charge is -2.12. The average Bonchev–Trinajstić information content (AvgIpc) is 3.09. The zero-order valence-corrected chi connectivity index (χ0v) is 20.8. The number of halogens is 4. The first-order valence-electron chi connectivity index (χ1n) is 8.29. The first kappa shape index (κ1) is 22.4. The number of amides is 1. The summed E-state index contributed by atoms with van der Waals surface area (Å²) in [7, 11) is 0. The molecule has 3 rings (SSSR count). The molecule has 0 spiro atoms. The second-order valence-electron chi connectivity index (χ2n) is 5.95. The van der Waals surface area contributed by atoms with Gasteiger partial charge in [0.2, 0.25) is 0 Å². The summed E-state index contributed by atoms with van der Waals surface area (Å²) in [5.74, 6) is 1.23. The van der Waals surface area contributed by atoms with Crippen molar-refractivity contribution in [2.24, 2.45) is 5.10 Å². The van der Waals surface area contributed by atoms with E-state index in [1.165, 1.54) is 0 Å². The van der Waals surface area contributed by atoms with Crippen molar-refractivity contribution in [2.45, 2.75) is 13.5 Å². The molecule has 9 heteroatoms. The highest BCUT2D eigenvalue weighted by atomic mass is 127. The number of rotatable bonds is 6. The second kappa shape index (κ2) is 10.1. The largest absolute Gasteiger partial charge is 0.487 e. The van der Waals surface area contributed by atoms with Crippen LogP contribution in [0, 0.1) is 14.1 Å². The van der Waals surface area contributed by atoms with Gasteiger partial charge in [0.15, 0.2) is 5.76 Å². The van der Waals surface area contributed by atoms with E-state index in [1.807, 2.05) is 18.2 Å². The van der Waals surface area contributed by atoms with Crippen LogP contribution in [0.15, 0.2) is 52.0 Å². The van der Waals surface area contributed by atoms with Crippen LogP contribution in [0.1, 0.15) is 27.4 Å². The zero-order valence-electron chi connectivity index (χ0n) is 15.0. The predicted octanol–water partition coefficient (Wildman–Crippen LogP) is 6.45. The summed E-state index contributed by atoms with van der Waals surface area (Å²) < 4.78 is 13.0. The van der Waals surface area contributed by atoms with E-state index >= 15 is 0 Å². The molecular weight excluding hydrogens is 641 g/mol. The number of nitrogens with one attached hydrogen (secondary N) is 1. The average molecular weight is 655 g/mol. The molecule has 1 N–H and O–H groups in total. The number of aryl methyl sites for hydroxylation is 1. The molecule has 3 aromatic rings. The third-order valence-corrected chi connectivity index (χ3v) is 5.94. The molecule has 1 heterocycles. The van der Waals surface area contributed by atoms with E-state index < -0.39 is 5.91 Å². The van der Waals surface area contributed by atoms with E-state index in [0.717, 1.165) is 24.0 Å². The molecule has 0 bridgehead atoms. The maximum absolute atomic E-state index is 11.9. The fraction of sp³-hybridized carbons (Fsp3) is 0.100. The highest BCUT2D eigenvalue weighted by Crippen LogP contribution is 2.30. The smallest absolute Gasteiger partial charge is 0.307 e. The van der Waals surface area contributed by atoms with E-state index in [-0.39, 0.29) is 5.76 Å². The Hall–Kier alpha value is -1.30. The van der Waals surface area contributed by atoms with Gasteiger partial charge in [-0.3, -0.25) is 4.79 Å². The molecule has 0 radical (unpaired) electrons. The third-order valence-electron chi connectivity index (χ3n) is 3.75. The second-order valence-corrected chi connectivity index (χ2v) is 9.12. The Labute approximate surface area is 205 Å². The Bertz CT molecular complexity index is 1060. The van der Waals surface area contributed by atoms with Crippen LogP contribution < -0.4 is 10.2 Å². The molecule has 2 aromatic carbocycles. The fourth-order valence-corrected chi connectivity index (χ4v) is 4.95. The molecule has 0 aliphatic rings. The van der Waals surface area contributed by atoms with Gasteiger partial charge in [-0.05, 0) is 94.1 Å². The van der Waals surface area contributed by atoms with Crippen molar-refractivity contribution in [3.63, 3.8) is 0 Å². The normalized spacial score (nSPS) is 11.1. The summed E-state index contributed by atoms with van der Waals surface area (Å²) in [5, 5.41) is 5.14. The Morgan fingerprint density at radius 3 is 2.52 bits per heavy atom. The highest BCUT2D eigenvalue weighted by Gasteiger charge is 2.11. The number of hydrogen-bond acceptors (Lipinski definition) is 4. The summed E-state index contributed by atoms with van der Waals surface area (Å²) in [6, 6.07) is 12.5. The standard InChI is InChI=1S/C20H14Cl2I2N2O3/c1-11-2-5-18(29-11)20(27)26-25-9-12-6-16(23)19(17(24)7-12)28-10-13-3-4-14(21)8-15(13)22/h2-9H,10H2,1H3,(H,26,27)/b25-9-. The molecule has 0 saturated heterocycles. The molecule has 5 nitrogen and oxygen atoms in total. The van der Waals surface area contributed by atoms with E-state index in [2.05, 4.69) is 55.7 Å². The van der Waals surface area contributed by atoms with Crippen LogP contribution in [0.3, 0.4) is 0 Å². The van der Waals surface area contributed by atoms with Crippen LogP contribution in [0.25, 0.3) is 0 Å². The monoisotopic (exact) mass is 654 g/mol. The van der Waals surface area contributed by atoms with Crippen molar-refractivity contribution in [3.8, 4) is 5.75 Å². The van der Waals surface area contributed by atoms with Crippen molar-refractivity contribution in [1.29, 1.82) is 0 Å². The summed E-state index contributed by atoms with van der Waals surface area (Å²) in [4.78, 5) is 11.9. The Morgan fingerprint density at radius 1 is 1.17 bits per heavy atom. The van der Waals surface area contributed by atoms with Gasteiger partial charge >= 0.3 is 5.91 Å². The number of ether oxygens (including phenoxy) is 1. The first-order chi connectivity index (χ1) is 13.8. The molecule has 1 aromatic heterocycles. The van der Waals surface area contributed by atoms with Crippen molar-refractivity contribution < 1.29 is 13.9 Å². The fourth-order valence-electron chi connectivity index (χ4n) is 2.36. The summed E-state index contributed by atoms with van der Waals surface area (Å²) in [6.07, 6.45) is 1.57. The van der Waals surface area contributed by atoms with Gasteiger partial charge in [0.05, 0.1) is 13.4 Å². The number of carbonyl (C=O) groups is 1. The molecular formula is C20H14Cl2I2N2O3. The van der Waals surface area contributed by atoms with Crippen LogP contribution in [0.2, 0.25) is 10.0 Å². The van der Waals surface area contributed by atoms with Gasteiger partial charge in [-0.25, -0.2) is 5.43 Å². The lowest BCUT2D eigenvalue weighted by Crippen LogP contribution is -2.16. The van der Waals surface area contributed by atoms with Crippen molar-refractivity contribution in [1.82, 2.24) is 5.43 Å². The van der Waals surface area contributed by atoms with E-state index in [1.54, 1.807) is 37.4 Å². The Morgan fingerprint density at radius 2 is 1.90 bits per heavy atom. The number of hydrogen-bond donors (Lipinski definition) is 1. The van der Waals surface area contributed by atoms with E-state index in [4.69, 9.17) is 32.4 Å². The number of nitrogens with zero attached hydrogens (tertiary/aromatic N) is 1. The summed E-state index contributed by atoms with van der Waals surface area (Å²) in [5.41, 5.74) is 4.12. The molecule has 150 valence electrons. The molecule has 0 aliphatic heterocycles. The highest BCUT2D eigenvalue weighted by molar-refractivity contribution is 14.1. The minimum absolute atomic E-state index is 0.216. The van der Waals surface area contributed by atoms with Gasteiger partial charge in [-0.1, -0.05) is 29.3 Å². The molecule has 0 unspecified atom stereocenters. The van der Waals surface area contributed by atoms with Gasteiger partial charge in [-0.2, -0.15) is 5.10 Å². The Balaban J connectivity index is 1.66. The Kier molecular flexibility index (Phi) is 7.83. The minimum atomic E-state index is -0.404. The third kappa shape index (κ3) is 6.09. The van der Waals surface area contributed by atoms with Gasteiger partial charge in [0.25, 0.3) is 0 Å². The number of furan rings is 1. The van der Waals surface area contributed by atoms with Crippen LogP contribution in [-0.4, -0.2) is 12.1 Å². The molecule has 0 aliphatic carbocycles. The van der Waals surface area contributed by atoms with Crippen molar-refractivity contribution in [3.05, 3.63) is 82.3 Å². The quantitative estimate of drug-likeness (QED) is 0.189. The van der Waals surface area contributed by atoms with Crippen LogP contribution in [0.4, 0.5) is 0 Å². The van der Waals surface area contributed by atoms with Crippen molar-refractivity contribution in [2.75, 3.05) is 0 Å². The maximum Gasteiger partial charge on any atom is 0.307 e. The lowest BCUT2D eigenvalue weighted by molar-refractivity contribution is 0.0926. The topological polar surface area (TPSA) is 63.8 Å². The molecule has 1 amide bonds. The zero-order chi connectivity index (χ0) is 21.0.